The average molecular weight is 933 g/mol. The van der Waals surface area contributed by atoms with Crippen LogP contribution in [-0.2, 0) is 28.6 Å². The summed E-state index contributed by atoms with van der Waals surface area (Å²) in [6.45, 7) is 6.39. The van der Waals surface area contributed by atoms with Crippen LogP contribution in [-0.4, -0.2) is 37.2 Å². The molecule has 0 saturated carbocycles. The summed E-state index contributed by atoms with van der Waals surface area (Å²) >= 11 is 0. The number of unbranched alkanes of at least 4 members (excludes halogenated alkanes) is 25. The molecule has 0 aromatic rings. The van der Waals surface area contributed by atoms with Crippen molar-refractivity contribution in [2.24, 2.45) is 0 Å². The number of carbonyl (C=O) groups excluding carboxylic acids is 3. The third-order valence-electron chi connectivity index (χ3n) is 11.9. The van der Waals surface area contributed by atoms with Gasteiger partial charge in [-0.05, 0) is 89.9 Å². The third-order valence-corrected chi connectivity index (χ3v) is 11.9. The van der Waals surface area contributed by atoms with Crippen LogP contribution in [0.25, 0.3) is 0 Å². The molecule has 6 heteroatoms. The first-order valence-corrected chi connectivity index (χ1v) is 28.1. The quantitative estimate of drug-likeness (QED) is 0.0262. The molecule has 0 aromatic heterocycles. The number of allylic oxidation sites excluding steroid dienone is 14. The fourth-order valence-corrected chi connectivity index (χ4v) is 7.74. The minimum atomic E-state index is -0.790. The molecule has 6 nitrogen and oxygen atoms in total. The van der Waals surface area contributed by atoms with Gasteiger partial charge in [0.05, 0.1) is 0 Å². The van der Waals surface area contributed by atoms with Crippen LogP contribution in [0.5, 0.6) is 0 Å². The van der Waals surface area contributed by atoms with Gasteiger partial charge in [0.15, 0.2) is 6.10 Å². The minimum absolute atomic E-state index is 0.0866. The molecule has 0 aliphatic rings. The number of hydrogen-bond donors (Lipinski definition) is 0. The van der Waals surface area contributed by atoms with Gasteiger partial charge in [-0.1, -0.05) is 241 Å². The lowest BCUT2D eigenvalue weighted by Gasteiger charge is -2.18. The molecule has 0 rings (SSSR count). The molecule has 0 aromatic carbocycles. The van der Waals surface area contributed by atoms with Gasteiger partial charge >= 0.3 is 17.9 Å². The van der Waals surface area contributed by atoms with Crippen LogP contribution in [0.15, 0.2) is 85.1 Å². The van der Waals surface area contributed by atoms with Gasteiger partial charge in [0.2, 0.25) is 0 Å². The van der Waals surface area contributed by atoms with Gasteiger partial charge in [-0.2, -0.15) is 0 Å². The van der Waals surface area contributed by atoms with E-state index in [0.717, 1.165) is 109 Å². The molecule has 0 aliphatic carbocycles. The summed E-state index contributed by atoms with van der Waals surface area (Å²) < 4.78 is 16.8. The molecule has 0 amide bonds. The molecule has 0 bridgehead atoms. The first-order chi connectivity index (χ1) is 33.0. The summed E-state index contributed by atoms with van der Waals surface area (Å²) in [5.41, 5.74) is 0. The number of hydrogen-bond acceptors (Lipinski definition) is 6. The van der Waals surface area contributed by atoms with E-state index in [-0.39, 0.29) is 31.1 Å². The zero-order valence-electron chi connectivity index (χ0n) is 43.9. The van der Waals surface area contributed by atoms with E-state index in [1.54, 1.807) is 0 Å². The highest BCUT2D eigenvalue weighted by Crippen LogP contribution is 2.15. The van der Waals surface area contributed by atoms with Crippen molar-refractivity contribution in [3.63, 3.8) is 0 Å². The Balaban J connectivity index is 4.26. The lowest BCUT2D eigenvalue weighted by atomic mass is 10.0. The molecule has 0 N–H and O–H groups in total. The van der Waals surface area contributed by atoms with Crippen LogP contribution in [0.2, 0.25) is 0 Å². The number of rotatable bonds is 50. The molecule has 0 aliphatic heterocycles. The maximum Gasteiger partial charge on any atom is 0.306 e. The summed E-state index contributed by atoms with van der Waals surface area (Å²) in [7, 11) is 0. The molecule has 0 spiro atoms. The fourth-order valence-electron chi connectivity index (χ4n) is 7.74. The maximum atomic E-state index is 12.8. The molecule has 1 atom stereocenters. The van der Waals surface area contributed by atoms with Gasteiger partial charge in [0.1, 0.15) is 13.2 Å². The van der Waals surface area contributed by atoms with E-state index in [9.17, 15) is 14.4 Å². The predicted molar refractivity (Wildman–Crippen MR) is 288 cm³/mol. The molecule has 0 fully saturated rings. The smallest absolute Gasteiger partial charge is 0.306 e. The lowest BCUT2D eigenvalue weighted by molar-refractivity contribution is -0.167. The Bertz CT molecular complexity index is 1300. The summed E-state index contributed by atoms with van der Waals surface area (Å²) in [5, 5.41) is 0. The minimum Gasteiger partial charge on any atom is -0.462 e. The van der Waals surface area contributed by atoms with Crippen molar-refractivity contribution < 1.29 is 28.6 Å². The Hall–Kier alpha value is -3.41. The molecule has 1 unspecified atom stereocenters. The third kappa shape index (κ3) is 53.4. The number of carbonyl (C=O) groups is 3. The van der Waals surface area contributed by atoms with E-state index >= 15 is 0 Å². The average Bonchev–Trinajstić information content (AvgIpc) is 3.33. The van der Waals surface area contributed by atoms with E-state index < -0.39 is 6.10 Å². The van der Waals surface area contributed by atoms with Crippen LogP contribution >= 0.6 is 0 Å². The van der Waals surface area contributed by atoms with E-state index in [1.807, 2.05) is 0 Å². The molecule has 384 valence electrons. The highest BCUT2D eigenvalue weighted by Gasteiger charge is 2.19. The van der Waals surface area contributed by atoms with Crippen molar-refractivity contribution in [3.8, 4) is 0 Å². The van der Waals surface area contributed by atoms with Gasteiger partial charge in [0.25, 0.3) is 0 Å². The van der Waals surface area contributed by atoms with E-state index in [0.29, 0.717) is 19.3 Å². The Morgan fingerprint density at radius 2 is 0.582 bits per heavy atom. The fraction of sp³-hybridized carbons (Fsp3) is 0.721. The maximum absolute atomic E-state index is 12.8. The van der Waals surface area contributed by atoms with Crippen molar-refractivity contribution >= 4 is 17.9 Å². The molecule has 67 heavy (non-hydrogen) atoms. The van der Waals surface area contributed by atoms with E-state index in [4.69, 9.17) is 14.2 Å². The molecule has 0 heterocycles. The van der Waals surface area contributed by atoms with Crippen molar-refractivity contribution in [1.29, 1.82) is 0 Å². The first kappa shape index (κ1) is 63.6. The van der Waals surface area contributed by atoms with Gasteiger partial charge in [-0.25, -0.2) is 0 Å². The van der Waals surface area contributed by atoms with Crippen LogP contribution in [0, 0.1) is 0 Å². The zero-order chi connectivity index (χ0) is 48.6. The molecular weight excluding hydrogens is 829 g/mol. The number of ether oxygens (including phenoxy) is 3. The Kier molecular flexibility index (Phi) is 52.4. The summed E-state index contributed by atoms with van der Waals surface area (Å²) in [6.07, 6.45) is 71.5. The van der Waals surface area contributed by atoms with Crippen molar-refractivity contribution in [1.82, 2.24) is 0 Å². The summed E-state index contributed by atoms with van der Waals surface area (Å²) in [5.74, 6) is -0.915. The van der Waals surface area contributed by atoms with Crippen LogP contribution in [0.4, 0.5) is 0 Å². The van der Waals surface area contributed by atoms with E-state index in [2.05, 4.69) is 106 Å². The molecule has 0 saturated heterocycles. The van der Waals surface area contributed by atoms with Crippen LogP contribution in [0.1, 0.15) is 265 Å². The Labute approximate surface area is 414 Å². The highest BCUT2D eigenvalue weighted by molar-refractivity contribution is 5.71. The van der Waals surface area contributed by atoms with Crippen molar-refractivity contribution in [3.05, 3.63) is 85.1 Å². The van der Waals surface area contributed by atoms with Gasteiger partial charge in [0, 0.05) is 19.3 Å². The largest absolute Gasteiger partial charge is 0.462 e. The van der Waals surface area contributed by atoms with Gasteiger partial charge in [-0.3, -0.25) is 14.4 Å². The number of esters is 3. The van der Waals surface area contributed by atoms with Crippen molar-refractivity contribution in [2.45, 2.75) is 271 Å². The summed E-state index contributed by atoms with van der Waals surface area (Å²) in [4.78, 5) is 38.0. The Morgan fingerprint density at radius 1 is 0.313 bits per heavy atom. The second kappa shape index (κ2) is 55.2. The van der Waals surface area contributed by atoms with Gasteiger partial charge in [-0.15, -0.1) is 0 Å². The topological polar surface area (TPSA) is 78.9 Å². The second-order valence-electron chi connectivity index (χ2n) is 18.4. The normalized spacial score (nSPS) is 12.7. The van der Waals surface area contributed by atoms with Gasteiger partial charge < -0.3 is 14.2 Å². The highest BCUT2D eigenvalue weighted by atomic mass is 16.6. The lowest BCUT2D eigenvalue weighted by Crippen LogP contribution is -2.30. The monoisotopic (exact) mass is 933 g/mol. The predicted octanol–water partition coefficient (Wildman–Crippen LogP) is 18.8. The summed E-state index contributed by atoms with van der Waals surface area (Å²) in [6, 6.07) is 0. The molecule has 0 radical (unpaired) electrons. The Morgan fingerprint density at radius 3 is 0.925 bits per heavy atom. The zero-order valence-corrected chi connectivity index (χ0v) is 43.9. The van der Waals surface area contributed by atoms with Crippen LogP contribution < -0.4 is 0 Å². The SMILES string of the molecule is CC/C=C\C/C=C\C/C=C\C/C=C\CCCCCCCCCCCCCCC(=O)OCC(COC(=O)CCCCCCCCCCCCC)OC(=O)CCCCC/C=C\C/C=C\C/C=C\CC. The standard InChI is InChI=1S/C61H104O6/c1-4-7-10-13-16-19-22-24-25-26-27-28-29-30-31-32-33-34-35-37-39-42-45-48-51-54-60(63)66-57-58(56-65-59(62)53-50-47-44-41-38-21-18-15-12-9-6-3)67-61(64)55-52-49-46-43-40-36-23-20-17-14-11-8-5-2/h7-8,10-11,16-17,19-20,24-25,27-28,36,40,58H,4-6,9,12-15,18,21-23,26,29-35,37-39,41-57H2,1-3H3/b10-7-,11-8-,19-16-,20-17-,25-24-,28-27-,40-36-. The van der Waals surface area contributed by atoms with Crippen molar-refractivity contribution in [2.75, 3.05) is 13.2 Å². The van der Waals surface area contributed by atoms with E-state index in [1.165, 1.54) is 116 Å². The second-order valence-corrected chi connectivity index (χ2v) is 18.4. The van der Waals surface area contributed by atoms with Crippen LogP contribution in [0.3, 0.4) is 0 Å². The first-order valence-electron chi connectivity index (χ1n) is 28.1. The molecular formula is C61H104O6.